The van der Waals surface area contributed by atoms with Crippen LogP contribution < -0.4 is 0 Å². The summed E-state index contributed by atoms with van der Waals surface area (Å²) in [4.78, 5) is 17.0. The molecule has 1 heterocycles. The molecule has 1 unspecified atom stereocenters. The predicted molar refractivity (Wildman–Crippen MR) is 90.1 cm³/mol. The first-order valence-electron chi connectivity index (χ1n) is 7.86. The molecule has 5 heteroatoms. The Hall–Kier alpha value is -0.770. The number of nitrogens with zero attached hydrogens (tertiary/aromatic N) is 2. The molecule has 120 valence electrons. The number of carbonyl (C=O) groups excluding carboxylic acids is 1. The van der Waals surface area contributed by atoms with Gasteiger partial charge < -0.3 is 4.90 Å². The lowest BCUT2D eigenvalue weighted by Crippen LogP contribution is -2.40. The Morgan fingerprint density at radius 3 is 2.45 bits per heavy atom. The van der Waals surface area contributed by atoms with E-state index in [0.29, 0.717) is 6.42 Å². The first kappa shape index (κ1) is 16.1. The van der Waals surface area contributed by atoms with Crippen molar-refractivity contribution >= 4 is 29.1 Å². The molecular formula is C17H22Cl2N2O. The molecule has 0 aromatic heterocycles. The summed E-state index contributed by atoms with van der Waals surface area (Å²) in [5.41, 5.74) is 0.724. The van der Waals surface area contributed by atoms with E-state index in [1.54, 1.807) is 0 Å². The van der Waals surface area contributed by atoms with Gasteiger partial charge >= 0.3 is 0 Å². The van der Waals surface area contributed by atoms with E-state index in [1.807, 2.05) is 17.9 Å². The molecule has 22 heavy (non-hydrogen) atoms. The average Bonchev–Trinajstić information content (AvgIpc) is 3.10. The Kier molecular flexibility index (Phi) is 4.41. The second kappa shape index (κ2) is 6.03. The van der Waals surface area contributed by atoms with Gasteiger partial charge in [0.05, 0.1) is 5.41 Å². The van der Waals surface area contributed by atoms with Crippen LogP contribution in [0, 0.1) is 5.41 Å². The first-order valence-corrected chi connectivity index (χ1v) is 8.61. The van der Waals surface area contributed by atoms with Gasteiger partial charge in [0.25, 0.3) is 0 Å². The second-order valence-corrected chi connectivity index (χ2v) is 8.10. The molecule has 3 nitrogen and oxygen atoms in total. The standard InChI is InChI=1S/C17H22Cl2N2O/c1-16(13-17(16,18)19)15(22)21-9-5-8-20(10-11-21)12-14-6-3-2-4-7-14/h2-4,6-7H,5,8-13H2,1H3. The number of carbonyl (C=O) groups is 1. The SMILES string of the molecule is CC1(C(=O)N2CCCN(Cc3ccccc3)CC2)CC1(Cl)Cl. The third-order valence-corrected chi connectivity index (χ3v) is 5.96. The molecule has 0 radical (unpaired) electrons. The third kappa shape index (κ3) is 3.12. The molecule has 1 atom stereocenters. The maximum absolute atomic E-state index is 12.7. The summed E-state index contributed by atoms with van der Waals surface area (Å²) in [6.07, 6.45) is 1.55. The number of halogens is 2. The highest BCUT2D eigenvalue weighted by Gasteiger charge is 2.68. The predicted octanol–water partition coefficient (Wildman–Crippen LogP) is 3.30. The van der Waals surface area contributed by atoms with Gasteiger partial charge in [0.1, 0.15) is 4.33 Å². The average molecular weight is 341 g/mol. The van der Waals surface area contributed by atoms with Crippen molar-refractivity contribution in [2.45, 2.75) is 30.6 Å². The van der Waals surface area contributed by atoms with E-state index in [-0.39, 0.29) is 5.91 Å². The van der Waals surface area contributed by atoms with E-state index >= 15 is 0 Å². The van der Waals surface area contributed by atoms with E-state index < -0.39 is 9.75 Å². The highest BCUT2D eigenvalue weighted by molar-refractivity contribution is 6.53. The van der Waals surface area contributed by atoms with Gasteiger partial charge in [0.2, 0.25) is 5.91 Å². The van der Waals surface area contributed by atoms with Gasteiger partial charge in [-0.3, -0.25) is 9.69 Å². The topological polar surface area (TPSA) is 23.6 Å². The summed E-state index contributed by atoms with van der Waals surface area (Å²) in [7, 11) is 0. The minimum Gasteiger partial charge on any atom is -0.341 e. The lowest BCUT2D eigenvalue weighted by Gasteiger charge is -2.25. The molecule has 1 aliphatic carbocycles. The first-order chi connectivity index (χ1) is 10.4. The fraction of sp³-hybridized carbons (Fsp3) is 0.588. The molecular weight excluding hydrogens is 319 g/mol. The number of rotatable bonds is 3. The van der Waals surface area contributed by atoms with Crippen molar-refractivity contribution in [1.82, 2.24) is 9.80 Å². The van der Waals surface area contributed by atoms with E-state index in [0.717, 1.165) is 39.1 Å². The van der Waals surface area contributed by atoms with Crippen molar-refractivity contribution in [1.29, 1.82) is 0 Å². The zero-order valence-electron chi connectivity index (χ0n) is 12.9. The van der Waals surface area contributed by atoms with E-state index in [9.17, 15) is 4.79 Å². The van der Waals surface area contributed by atoms with Crippen LogP contribution in [-0.2, 0) is 11.3 Å². The van der Waals surface area contributed by atoms with Gasteiger partial charge in [-0.2, -0.15) is 0 Å². The summed E-state index contributed by atoms with van der Waals surface area (Å²) in [5.74, 6) is 0.110. The van der Waals surface area contributed by atoms with Crippen molar-refractivity contribution in [3.63, 3.8) is 0 Å². The quantitative estimate of drug-likeness (QED) is 0.788. The summed E-state index contributed by atoms with van der Waals surface area (Å²) < 4.78 is -0.875. The molecule has 1 aromatic rings. The Morgan fingerprint density at radius 2 is 1.82 bits per heavy atom. The van der Waals surface area contributed by atoms with E-state index in [4.69, 9.17) is 23.2 Å². The largest absolute Gasteiger partial charge is 0.341 e. The third-order valence-electron chi connectivity index (χ3n) is 4.85. The molecule has 0 bridgehead atoms. The van der Waals surface area contributed by atoms with Crippen molar-refractivity contribution in [3.8, 4) is 0 Å². The molecule has 1 aliphatic heterocycles. The highest BCUT2D eigenvalue weighted by atomic mass is 35.5. The van der Waals surface area contributed by atoms with Crippen molar-refractivity contribution in [2.24, 2.45) is 5.41 Å². The van der Waals surface area contributed by atoms with Gasteiger partial charge in [-0.15, -0.1) is 23.2 Å². The zero-order chi connectivity index (χ0) is 15.8. The fourth-order valence-corrected chi connectivity index (χ4v) is 3.85. The Labute approximate surface area is 142 Å². The van der Waals surface area contributed by atoms with Crippen molar-refractivity contribution in [3.05, 3.63) is 35.9 Å². The van der Waals surface area contributed by atoms with E-state index in [2.05, 4.69) is 29.2 Å². The maximum atomic E-state index is 12.7. The number of benzene rings is 1. The zero-order valence-corrected chi connectivity index (χ0v) is 14.4. The van der Waals surface area contributed by atoms with Crippen molar-refractivity contribution < 1.29 is 4.79 Å². The second-order valence-electron chi connectivity index (χ2n) is 6.62. The number of hydrogen-bond acceptors (Lipinski definition) is 2. The molecule has 3 rings (SSSR count). The fourth-order valence-electron chi connectivity index (χ4n) is 3.15. The van der Waals surface area contributed by atoms with Gasteiger partial charge in [-0.05, 0) is 25.3 Å². The minimum atomic E-state index is -0.875. The normalized spacial score (nSPS) is 28.2. The summed E-state index contributed by atoms with van der Waals surface area (Å²) in [6.45, 7) is 6.28. The van der Waals surface area contributed by atoms with Gasteiger partial charge in [0, 0.05) is 32.7 Å². The molecule has 1 aromatic carbocycles. The Balaban J connectivity index is 1.58. The smallest absolute Gasteiger partial charge is 0.231 e. The van der Waals surface area contributed by atoms with Crippen LogP contribution in [0.25, 0.3) is 0 Å². The number of alkyl halides is 2. The molecule has 1 saturated heterocycles. The van der Waals surface area contributed by atoms with Crippen LogP contribution >= 0.6 is 23.2 Å². The minimum absolute atomic E-state index is 0.110. The molecule has 2 fully saturated rings. The van der Waals surface area contributed by atoms with Gasteiger partial charge in [-0.25, -0.2) is 0 Å². The lowest BCUT2D eigenvalue weighted by atomic mass is 10.1. The van der Waals surface area contributed by atoms with Crippen LogP contribution in [0.1, 0.15) is 25.3 Å². The Morgan fingerprint density at radius 1 is 1.14 bits per heavy atom. The van der Waals surface area contributed by atoms with Crippen molar-refractivity contribution in [2.75, 3.05) is 26.2 Å². The monoisotopic (exact) mass is 340 g/mol. The summed E-state index contributed by atoms with van der Waals surface area (Å²) in [5, 5.41) is 0. The van der Waals surface area contributed by atoms with Crippen LogP contribution in [-0.4, -0.2) is 46.2 Å². The maximum Gasteiger partial charge on any atom is 0.231 e. The van der Waals surface area contributed by atoms with Gasteiger partial charge in [-0.1, -0.05) is 30.3 Å². The van der Waals surface area contributed by atoms with Crippen LogP contribution in [0.2, 0.25) is 0 Å². The van der Waals surface area contributed by atoms with Crippen LogP contribution in [0.15, 0.2) is 30.3 Å². The number of hydrogen-bond donors (Lipinski definition) is 0. The lowest BCUT2D eigenvalue weighted by molar-refractivity contribution is -0.136. The number of amides is 1. The summed E-state index contributed by atoms with van der Waals surface area (Å²) in [6, 6.07) is 10.5. The van der Waals surface area contributed by atoms with Crippen LogP contribution in [0.3, 0.4) is 0 Å². The molecule has 1 amide bonds. The highest BCUT2D eigenvalue weighted by Crippen LogP contribution is 2.64. The molecule has 2 aliphatic rings. The van der Waals surface area contributed by atoms with Crippen LogP contribution in [0.4, 0.5) is 0 Å². The summed E-state index contributed by atoms with van der Waals surface area (Å²) >= 11 is 12.3. The van der Waals surface area contributed by atoms with Gasteiger partial charge in [0.15, 0.2) is 0 Å². The van der Waals surface area contributed by atoms with Crippen LogP contribution in [0.5, 0.6) is 0 Å². The molecule has 0 spiro atoms. The molecule has 0 N–H and O–H groups in total. The van der Waals surface area contributed by atoms with E-state index in [1.165, 1.54) is 5.56 Å². The molecule has 1 saturated carbocycles. The Bertz CT molecular complexity index is 549.